The van der Waals surface area contributed by atoms with Crippen LogP contribution in [0.3, 0.4) is 0 Å². The predicted molar refractivity (Wildman–Crippen MR) is 142 cm³/mol. The number of carbonyl (C=O) groups is 1. The number of nitrogens with two attached hydrogens (primary N) is 2. The molecule has 0 saturated heterocycles. The zero-order chi connectivity index (χ0) is 25.3. The third-order valence-electron chi connectivity index (χ3n) is 5.64. The van der Waals surface area contributed by atoms with Crippen molar-refractivity contribution in [3.8, 4) is 0 Å². The lowest BCUT2D eigenvalue weighted by molar-refractivity contribution is -0.113. The van der Waals surface area contributed by atoms with E-state index in [9.17, 15) is 4.79 Å². The van der Waals surface area contributed by atoms with Gasteiger partial charge in [0.1, 0.15) is 12.0 Å². The average molecular weight is 470 g/mol. The lowest BCUT2D eigenvalue weighted by Crippen LogP contribution is -2.38. The Hall–Kier alpha value is -4.73. The molecule has 4 rings (SSSR count). The van der Waals surface area contributed by atoms with Gasteiger partial charge >= 0.3 is 0 Å². The molecule has 3 heterocycles. The molecule has 0 saturated carbocycles. The van der Waals surface area contributed by atoms with Crippen LogP contribution in [-0.2, 0) is 4.79 Å². The second kappa shape index (κ2) is 9.26. The summed E-state index contributed by atoms with van der Waals surface area (Å²) in [5, 5.41) is 15.8. The molecule has 0 radical (unpaired) electrons. The fraction of sp³-hybridized carbons (Fsp3) is 0.160. The van der Waals surface area contributed by atoms with Crippen LogP contribution in [0.4, 0.5) is 11.5 Å². The first-order chi connectivity index (χ1) is 16.7. The number of allylic oxidation sites excluding steroid dienone is 1. The number of nitrogens with zero attached hydrogens (tertiary/aromatic N) is 3. The number of aromatic nitrogens is 2. The molecule has 178 valence electrons. The molecule has 35 heavy (non-hydrogen) atoms. The number of hydrogen-bond donors (Lipinski definition) is 6. The number of amides is 1. The molecule has 0 spiro atoms. The summed E-state index contributed by atoms with van der Waals surface area (Å²) in [5.74, 6) is -0.138. The minimum Gasteiger partial charge on any atom is -0.398 e. The number of benzene rings is 1. The maximum absolute atomic E-state index is 12.5. The maximum atomic E-state index is 12.5. The molecule has 1 amide bonds. The SMILES string of the molecule is C=c1/c(=C(\N=C(C)c2ccc(C)nc2NC2C=NC=C(C)N2)C(N)=O)[nH]c2ccc(N)c(C=N)c12. The largest absolute Gasteiger partial charge is 0.398 e. The van der Waals surface area contributed by atoms with E-state index in [1.54, 1.807) is 31.5 Å². The molecule has 2 aromatic heterocycles. The molecule has 0 fully saturated rings. The molecule has 10 heteroatoms. The first-order valence-electron chi connectivity index (χ1n) is 10.9. The fourth-order valence-electron chi connectivity index (χ4n) is 3.96. The van der Waals surface area contributed by atoms with Crippen LogP contribution in [0, 0.1) is 12.3 Å². The Morgan fingerprint density at radius 1 is 1.29 bits per heavy atom. The Morgan fingerprint density at radius 3 is 2.74 bits per heavy atom. The topological polar surface area (TPSA) is 170 Å². The van der Waals surface area contributed by atoms with Crippen LogP contribution < -0.4 is 32.7 Å². The van der Waals surface area contributed by atoms with E-state index in [4.69, 9.17) is 16.9 Å². The molecule has 3 aromatic rings. The van der Waals surface area contributed by atoms with Crippen molar-refractivity contribution in [3.63, 3.8) is 0 Å². The minimum atomic E-state index is -0.721. The molecule has 1 atom stereocenters. The number of aromatic amines is 1. The first-order valence-corrected chi connectivity index (χ1v) is 10.9. The van der Waals surface area contributed by atoms with Gasteiger partial charge in [-0.2, -0.15) is 0 Å². The average Bonchev–Trinajstić information content (AvgIpc) is 3.13. The van der Waals surface area contributed by atoms with E-state index in [0.29, 0.717) is 49.8 Å². The van der Waals surface area contributed by atoms with E-state index in [1.165, 1.54) is 0 Å². The number of aryl methyl sites for hydroxylation is 1. The van der Waals surface area contributed by atoms with Crippen LogP contribution in [0.5, 0.6) is 0 Å². The maximum Gasteiger partial charge on any atom is 0.269 e. The highest BCUT2D eigenvalue weighted by atomic mass is 16.1. The minimum absolute atomic E-state index is 0.0147. The number of nitrogen functional groups attached to an aromatic ring is 1. The number of hydrogen-bond acceptors (Lipinski definition) is 8. The third-order valence-corrected chi connectivity index (χ3v) is 5.64. The number of rotatable bonds is 6. The van der Waals surface area contributed by atoms with Crippen LogP contribution in [0.15, 0.2) is 46.1 Å². The van der Waals surface area contributed by atoms with Crippen LogP contribution >= 0.6 is 0 Å². The van der Waals surface area contributed by atoms with Gasteiger partial charge in [0.15, 0.2) is 5.70 Å². The summed E-state index contributed by atoms with van der Waals surface area (Å²) < 4.78 is 0. The third kappa shape index (κ3) is 4.54. The molecule has 1 aliphatic rings. The smallest absolute Gasteiger partial charge is 0.269 e. The Morgan fingerprint density at radius 2 is 2.06 bits per heavy atom. The van der Waals surface area contributed by atoms with Gasteiger partial charge in [0.05, 0.1) is 5.35 Å². The van der Waals surface area contributed by atoms with Crippen molar-refractivity contribution in [2.75, 3.05) is 11.1 Å². The van der Waals surface area contributed by atoms with Gasteiger partial charge in [-0.15, -0.1) is 0 Å². The van der Waals surface area contributed by atoms with E-state index in [-0.39, 0.29) is 11.9 Å². The number of H-pyrrole nitrogens is 1. The van der Waals surface area contributed by atoms with Gasteiger partial charge in [0.2, 0.25) is 0 Å². The van der Waals surface area contributed by atoms with Crippen LogP contribution in [0.1, 0.15) is 30.7 Å². The first kappa shape index (κ1) is 23.4. The van der Waals surface area contributed by atoms with Crippen molar-refractivity contribution in [1.29, 1.82) is 5.41 Å². The van der Waals surface area contributed by atoms with E-state index < -0.39 is 5.91 Å². The Bertz CT molecular complexity index is 1560. The Labute approximate surface area is 201 Å². The zero-order valence-corrected chi connectivity index (χ0v) is 19.7. The van der Waals surface area contributed by atoms with E-state index in [1.807, 2.05) is 26.0 Å². The number of carbonyl (C=O) groups excluding carboxylic acids is 1. The Balaban J connectivity index is 1.87. The van der Waals surface area contributed by atoms with Crippen molar-refractivity contribution in [3.05, 3.63) is 63.6 Å². The number of primary amides is 1. The van der Waals surface area contributed by atoms with Gasteiger partial charge in [-0.1, -0.05) is 6.58 Å². The molecule has 0 aliphatic carbocycles. The molecule has 10 nitrogen and oxygen atoms in total. The summed E-state index contributed by atoms with van der Waals surface area (Å²) in [5.41, 5.74) is 16.4. The second-order valence-corrected chi connectivity index (χ2v) is 8.25. The molecule has 8 N–H and O–H groups in total. The number of nitrogens with one attached hydrogen (secondary N) is 4. The van der Waals surface area contributed by atoms with E-state index in [2.05, 4.69) is 37.2 Å². The quantitative estimate of drug-likeness (QED) is 0.235. The predicted octanol–water partition coefficient (Wildman–Crippen LogP) is 1.24. The zero-order valence-electron chi connectivity index (χ0n) is 19.7. The highest BCUT2D eigenvalue weighted by Crippen LogP contribution is 2.19. The highest BCUT2D eigenvalue weighted by molar-refractivity contribution is 6.17. The van der Waals surface area contributed by atoms with Gasteiger partial charge < -0.3 is 32.5 Å². The lowest BCUT2D eigenvalue weighted by Gasteiger charge is -2.22. The monoisotopic (exact) mass is 469 g/mol. The van der Waals surface area contributed by atoms with Crippen LogP contribution in [0.25, 0.3) is 23.2 Å². The Kier molecular flexibility index (Phi) is 6.20. The lowest BCUT2D eigenvalue weighted by atomic mass is 10.1. The van der Waals surface area contributed by atoms with Crippen molar-refractivity contribution >= 4 is 58.7 Å². The molecule has 0 bridgehead atoms. The van der Waals surface area contributed by atoms with Gasteiger partial charge in [0, 0.05) is 68.7 Å². The van der Waals surface area contributed by atoms with Crippen LogP contribution in [0.2, 0.25) is 0 Å². The second-order valence-electron chi connectivity index (χ2n) is 8.25. The summed E-state index contributed by atoms with van der Waals surface area (Å²) in [7, 11) is 0. The summed E-state index contributed by atoms with van der Waals surface area (Å²) >= 11 is 0. The van der Waals surface area contributed by atoms with Crippen molar-refractivity contribution in [1.82, 2.24) is 15.3 Å². The molecule has 1 aromatic carbocycles. The highest BCUT2D eigenvalue weighted by Gasteiger charge is 2.17. The summed E-state index contributed by atoms with van der Waals surface area (Å²) in [6.07, 6.45) is 4.38. The normalized spacial score (nSPS) is 16.5. The van der Waals surface area contributed by atoms with E-state index in [0.717, 1.165) is 17.6 Å². The van der Waals surface area contributed by atoms with Crippen molar-refractivity contribution < 1.29 is 4.79 Å². The molecular formula is C25H27N9O. The van der Waals surface area contributed by atoms with Gasteiger partial charge in [0.25, 0.3) is 5.91 Å². The standard InChI is InChI=1S/C25H27N9O/c1-12-5-6-16(25(31-12)34-20-11-29-10-13(2)30-20)15(4)32-23(24(28)35)22-14(3)21-17(9-26)18(27)7-8-19(21)33-22/h5-11,20,26,30,33H,3,27H2,1-2,4H3,(H2,28,35)(H,31,34)/b23-22+,26-9?,32-15?. The van der Waals surface area contributed by atoms with Crippen molar-refractivity contribution in [2.24, 2.45) is 15.7 Å². The number of pyridine rings is 1. The number of fused-ring (bicyclic) bond motifs is 1. The van der Waals surface area contributed by atoms with Gasteiger partial charge in [-0.25, -0.2) is 9.98 Å². The molecule has 1 unspecified atom stereocenters. The fourth-order valence-corrected chi connectivity index (χ4v) is 3.96. The summed E-state index contributed by atoms with van der Waals surface area (Å²) in [6.45, 7) is 9.71. The number of aliphatic imine (C=N–C) groups is 2. The summed E-state index contributed by atoms with van der Waals surface area (Å²) in [4.78, 5) is 29.1. The van der Waals surface area contributed by atoms with Gasteiger partial charge in [-0.05, 0) is 45.0 Å². The summed E-state index contributed by atoms with van der Waals surface area (Å²) in [6, 6.07) is 7.21. The molecule has 1 aliphatic heterocycles. The number of anilines is 2. The van der Waals surface area contributed by atoms with Crippen molar-refractivity contribution in [2.45, 2.75) is 26.9 Å². The molecular weight excluding hydrogens is 442 g/mol. The van der Waals surface area contributed by atoms with Gasteiger partial charge in [-0.3, -0.25) is 9.79 Å². The van der Waals surface area contributed by atoms with E-state index >= 15 is 0 Å². The van der Waals surface area contributed by atoms with Crippen LogP contribution in [-0.4, -0.2) is 40.2 Å².